The lowest BCUT2D eigenvalue weighted by Gasteiger charge is -2.13. The van der Waals surface area contributed by atoms with Crippen molar-refractivity contribution in [2.45, 2.75) is 25.8 Å². The summed E-state index contributed by atoms with van der Waals surface area (Å²) < 4.78 is 31.7. The molecule has 0 saturated heterocycles. The van der Waals surface area contributed by atoms with E-state index >= 15 is 0 Å². The SMILES string of the molecule is CC(CCc1ccco1)NC(=O)c1cccc(F)c1F. The Morgan fingerprint density at radius 3 is 2.80 bits per heavy atom. The van der Waals surface area contributed by atoms with Crippen LogP contribution in [0.15, 0.2) is 41.0 Å². The van der Waals surface area contributed by atoms with Gasteiger partial charge in [-0.1, -0.05) is 6.07 Å². The van der Waals surface area contributed by atoms with E-state index < -0.39 is 17.5 Å². The molecule has 1 aromatic heterocycles. The highest BCUT2D eigenvalue weighted by molar-refractivity contribution is 5.94. The maximum atomic E-state index is 13.5. The van der Waals surface area contributed by atoms with Gasteiger partial charge in [-0.25, -0.2) is 8.78 Å². The molecule has 3 nitrogen and oxygen atoms in total. The Morgan fingerprint density at radius 2 is 2.10 bits per heavy atom. The van der Waals surface area contributed by atoms with Crippen molar-refractivity contribution in [2.75, 3.05) is 0 Å². The fourth-order valence-corrected chi connectivity index (χ4v) is 1.87. The molecule has 0 aliphatic carbocycles. The summed E-state index contributed by atoms with van der Waals surface area (Å²) >= 11 is 0. The van der Waals surface area contributed by atoms with E-state index in [-0.39, 0.29) is 11.6 Å². The lowest BCUT2D eigenvalue weighted by Crippen LogP contribution is -2.33. The second kappa shape index (κ2) is 6.32. The molecule has 1 unspecified atom stereocenters. The van der Waals surface area contributed by atoms with E-state index in [9.17, 15) is 13.6 Å². The minimum Gasteiger partial charge on any atom is -0.469 e. The first-order valence-corrected chi connectivity index (χ1v) is 6.35. The molecule has 20 heavy (non-hydrogen) atoms. The molecule has 106 valence electrons. The largest absolute Gasteiger partial charge is 0.469 e. The number of benzene rings is 1. The summed E-state index contributed by atoms with van der Waals surface area (Å²) in [5.74, 6) is -1.94. The molecule has 0 spiro atoms. The lowest BCUT2D eigenvalue weighted by atomic mass is 10.1. The maximum Gasteiger partial charge on any atom is 0.254 e. The van der Waals surface area contributed by atoms with E-state index in [1.54, 1.807) is 19.3 Å². The van der Waals surface area contributed by atoms with Crippen LogP contribution in [0.25, 0.3) is 0 Å². The third kappa shape index (κ3) is 3.44. The predicted octanol–water partition coefficient (Wildman–Crippen LogP) is 3.31. The minimum absolute atomic E-state index is 0.171. The summed E-state index contributed by atoms with van der Waals surface area (Å²) in [6.45, 7) is 1.80. The van der Waals surface area contributed by atoms with E-state index in [0.29, 0.717) is 12.8 Å². The number of carbonyl (C=O) groups is 1. The van der Waals surface area contributed by atoms with Crippen LogP contribution in [-0.2, 0) is 6.42 Å². The van der Waals surface area contributed by atoms with Gasteiger partial charge in [-0.15, -0.1) is 0 Å². The van der Waals surface area contributed by atoms with Crippen LogP contribution in [0, 0.1) is 11.6 Å². The average Bonchev–Trinajstić information content (AvgIpc) is 2.92. The van der Waals surface area contributed by atoms with Gasteiger partial charge < -0.3 is 9.73 Å². The fourth-order valence-electron chi connectivity index (χ4n) is 1.87. The molecular weight excluding hydrogens is 264 g/mol. The van der Waals surface area contributed by atoms with Crippen molar-refractivity contribution in [3.63, 3.8) is 0 Å². The average molecular weight is 279 g/mol. The van der Waals surface area contributed by atoms with E-state index in [1.165, 1.54) is 12.1 Å². The zero-order valence-electron chi connectivity index (χ0n) is 11.0. The van der Waals surface area contributed by atoms with E-state index in [0.717, 1.165) is 11.8 Å². The van der Waals surface area contributed by atoms with Crippen molar-refractivity contribution in [1.29, 1.82) is 0 Å². The lowest BCUT2D eigenvalue weighted by molar-refractivity contribution is 0.0933. The van der Waals surface area contributed by atoms with Gasteiger partial charge in [0.2, 0.25) is 0 Å². The number of hydrogen-bond acceptors (Lipinski definition) is 2. The Hall–Kier alpha value is -2.17. The van der Waals surface area contributed by atoms with Gasteiger partial charge in [0.05, 0.1) is 11.8 Å². The summed E-state index contributed by atoms with van der Waals surface area (Å²) in [7, 11) is 0. The Kier molecular flexibility index (Phi) is 4.50. The highest BCUT2D eigenvalue weighted by Gasteiger charge is 2.16. The number of hydrogen-bond donors (Lipinski definition) is 1. The number of furan rings is 1. The van der Waals surface area contributed by atoms with Crippen LogP contribution in [0.4, 0.5) is 8.78 Å². The molecular formula is C15H15F2NO2. The van der Waals surface area contributed by atoms with E-state index in [2.05, 4.69) is 5.32 Å². The Balaban J connectivity index is 1.92. The third-order valence-corrected chi connectivity index (χ3v) is 2.98. The zero-order valence-corrected chi connectivity index (χ0v) is 11.0. The molecule has 1 aromatic carbocycles. The van der Waals surface area contributed by atoms with Gasteiger partial charge in [0.25, 0.3) is 5.91 Å². The molecule has 0 aliphatic rings. The van der Waals surface area contributed by atoms with Crippen molar-refractivity contribution >= 4 is 5.91 Å². The number of nitrogens with one attached hydrogen (secondary N) is 1. The van der Waals surface area contributed by atoms with Gasteiger partial charge in [0, 0.05) is 12.5 Å². The molecule has 1 heterocycles. The van der Waals surface area contributed by atoms with Crippen LogP contribution in [0.5, 0.6) is 0 Å². The van der Waals surface area contributed by atoms with Gasteiger partial charge in [-0.2, -0.15) is 0 Å². The van der Waals surface area contributed by atoms with Crippen LogP contribution in [0.2, 0.25) is 0 Å². The highest BCUT2D eigenvalue weighted by atomic mass is 19.2. The van der Waals surface area contributed by atoms with Crippen molar-refractivity contribution < 1.29 is 18.0 Å². The van der Waals surface area contributed by atoms with Crippen LogP contribution in [-0.4, -0.2) is 11.9 Å². The predicted molar refractivity (Wildman–Crippen MR) is 70.3 cm³/mol. The third-order valence-electron chi connectivity index (χ3n) is 2.98. The Labute approximate surface area is 115 Å². The summed E-state index contributed by atoms with van der Waals surface area (Å²) in [5, 5.41) is 2.64. The second-order valence-electron chi connectivity index (χ2n) is 4.59. The molecule has 1 N–H and O–H groups in total. The molecule has 0 fully saturated rings. The number of halogens is 2. The maximum absolute atomic E-state index is 13.5. The molecule has 2 rings (SSSR count). The number of rotatable bonds is 5. The smallest absolute Gasteiger partial charge is 0.254 e. The molecule has 1 atom stereocenters. The van der Waals surface area contributed by atoms with E-state index in [1.807, 2.05) is 6.07 Å². The van der Waals surface area contributed by atoms with Gasteiger partial charge >= 0.3 is 0 Å². The number of aryl methyl sites for hydroxylation is 1. The van der Waals surface area contributed by atoms with Crippen molar-refractivity contribution in [2.24, 2.45) is 0 Å². The van der Waals surface area contributed by atoms with Crippen molar-refractivity contribution in [1.82, 2.24) is 5.32 Å². The van der Waals surface area contributed by atoms with Crippen LogP contribution < -0.4 is 5.32 Å². The molecule has 1 amide bonds. The van der Waals surface area contributed by atoms with Crippen LogP contribution >= 0.6 is 0 Å². The fraction of sp³-hybridized carbons (Fsp3) is 0.267. The Morgan fingerprint density at radius 1 is 1.30 bits per heavy atom. The number of carbonyl (C=O) groups excluding carboxylic acids is 1. The van der Waals surface area contributed by atoms with Crippen molar-refractivity contribution in [3.05, 3.63) is 59.6 Å². The van der Waals surface area contributed by atoms with Crippen LogP contribution in [0.1, 0.15) is 29.5 Å². The highest BCUT2D eigenvalue weighted by Crippen LogP contribution is 2.12. The first kappa shape index (κ1) is 14.2. The molecule has 0 radical (unpaired) electrons. The first-order chi connectivity index (χ1) is 9.58. The first-order valence-electron chi connectivity index (χ1n) is 6.35. The molecule has 0 saturated carbocycles. The second-order valence-corrected chi connectivity index (χ2v) is 4.59. The topological polar surface area (TPSA) is 42.2 Å². The summed E-state index contributed by atoms with van der Waals surface area (Å²) in [6, 6.07) is 7.01. The molecule has 0 bridgehead atoms. The van der Waals surface area contributed by atoms with Crippen molar-refractivity contribution in [3.8, 4) is 0 Å². The summed E-state index contributed by atoms with van der Waals surface area (Å²) in [4.78, 5) is 11.8. The Bertz CT molecular complexity index is 582. The van der Waals surface area contributed by atoms with Gasteiger partial charge in [-0.3, -0.25) is 4.79 Å². The quantitative estimate of drug-likeness (QED) is 0.912. The number of amides is 1. The standard InChI is InChI=1S/C15H15F2NO2/c1-10(7-8-11-4-3-9-20-11)18-15(19)12-5-2-6-13(16)14(12)17/h2-6,9-10H,7-8H2,1H3,(H,18,19). The molecule has 2 aromatic rings. The molecule has 5 heteroatoms. The minimum atomic E-state index is -1.12. The molecule has 0 aliphatic heterocycles. The van der Waals surface area contributed by atoms with Gasteiger partial charge in [-0.05, 0) is 37.6 Å². The zero-order chi connectivity index (χ0) is 14.5. The van der Waals surface area contributed by atoms with E-state index in [4.69, 9.17) is 4.42 Å². The summed E-state index contributed by atoms with van der Waals surface area (Å²) in [6.07, 6.45) is 2.90. The monoisotopic (exact) mass is 279 g/mol. The van der Waals surface area contributed by atoms with Gasteiger partial charge in [0.15, 0.2) is 11.6 Å². The normalized spacial score (nSPS) is 12.2. The summed E-state index contributed by atoms with van der Waals surface area (Å²) in [5.41, 5.74) is -0.283. The van der Waals surface area contributed by atoms with Gasteiger partial charge in [0.1, 0.15) is 5.76 Å². The van der Waals surface area contributed by atoms with Crippen LogP contribution in [0.3, 0.4) is 0 Å².